The van der Waals surface area contributed by atoms with Gasteiger partial charge in [-0.25, -0.2) is 15.0 Å². The second kappa shape index (κ2) is 11.4. The molecule has 0 saturated carbocycles. The number of para-hydroxylation sites is 2. The number of furan rings is 1. The van der Waals surface area contributed by atoms with Crippen molar-refractivity contribution >= 4 is 43.7 Å². The van der Waals surface area contributed by atoms with Crippen LogP contribution >= 0.6 is 0 Å². The lowest BCUT2D eigenvalue weighted by Gasteiger charge is -2.11. The van der Waals surface area contributed by atoms with E-state index >= 15 is 0 Å². The zero-order valence-corrected chi connectivity index (χ0v) is 26.1. The summed E-state index contributed by atoms with van der Waals surface area (Å²) in [5.41, 5.74) is 5.55. The van der Waals surface area contributed by atoms with Crippen LogP contribution in [0, 0.1) is 0 Å². The first-order valence-corrected chi connectivity index (χ1v) is 15.9. The zero-order valence-electron chi connectivity index (χ0n) is 36.1. The van der Waals surface area contributed by atoms with Crippen molar-refractivity contribution in [3.63, 3.8) is 0 Å². The highest BCUT2D eigenvalue weighted by Crippen LogP contribution is 2.41. The third-order valence-electron chi connectivity index (χ3n) is 8.82. The number of nitrogens with zero attached hydrogens (tertiary/aromatic N) is 4. The lowest BCUT2D eigenvalue weighted by Crippen LogP contribution is -2.00. The molecule has 0 radical (unpaired) electrons. The van der Waals surface area contributed by atoms with Gasteiger partial charge in [-0.3, -0.25) is 0 Å². The van der Waals surface area contributed by atoms with Gasteiger partial charge < -0.3 is 8.98 Å². The van der Waals surface area contributed by atoms with E-state index in [1.165, 1.54) is 0 Å². The van der Waals surface area contributed by atoms with Gasteiger partial charge >= 0.3 is 0 Å². The molecule has 0 unspecified atom stereocenters. The van der Waals surface area contributed by atoms with Crippen molar-refractivity contribution in [3.8, 4) is 51.0 Å². The Kier molecular flexibility index (Phi) is 4.52. The maximum atomic E-state index is 8.68. The van der Waals surface area contributed by atoms with Gasteiger partial charge in [0.05, 0.1) is 30.4 Å². The molecule has 50 heavy (non-hydrogen) atoms. The summed E-state index contributed by atoms with van der Waals surface area (Å²) in [5.74, 6) is -0.738. The van der Waals surface area contributed by atoms with Gasteiger partial charge in [-0.05, 0) is 47.5 Å². The monoisotopic (exact) mass is 650 g/mol. The van der Waals surface area contributed by atoms with Gasteiger partial charge in [-0.1, -0.05) is 133 Å². The quantitative estimate of drug-likeness (QED) is 0.186. The van der Waals surface area contributed by atoms with Gasteiger partial charge in [-0.2, -0.15) is 0 Å². The highest BCUT2D eigenvalue weighted by Gasteiger charge is 2.20. The van der Waals surface area contributed by atoms with Crippen molar-refractivity contribution in [2.24, 2.45) is 0 Å². The molecular weight excluding hydrogens is 613 g/mol. The van der Waals surface area contributed by atoms with Gasteiger partial charge in [-0.15, -0.1) is 0 Å². The first kappa shape index (κ1) is 19.8. The second-order valence-electron chi connectivity index (χ2n) is 11.7. The molecule has 10 rings (SSSR count). The van der Waals surface area contributed by atoms with Crippen LogP contribution in [-0.2, 0) is 0 Å². The topological polar surface area (TPSA) is 56.7 Å². The summed E-state index contributed by atoms with van der Waals surface area (Å²) in [4.78, 5) is 13.6. The summed E-state index contributed by atoms with van der Waals surface area (Å²) in [6, 6.07) is 30.0. The molecule has 5 heteroatoms. The Balaban J connectivity index is 1.25. The molecule has 234 valence electrons. The predicted molar refractivity (Wildman–Crippen MR) is 203 cm³/mol. The average Bonchev–Trinajstić information content (AvgIpc) is 3.82. The summed E-state index contributed by atoms with van der Waals surface area (Å²) in [6.45, 7) is 0. The number of fused-ring (bicyclic) bond motifs is 6. The lowest BCUT2D eigenvalue weighted by atomic mass is 10.0. The molecule has 0 atom stereocenters. The minimum Gasteiger partial charge on any atom is -0.454 e. The molecule has 3 aromatic heterocycles. The van der Waals surface area contributed by atoms with Crippen molar-refractivity contribution < 1.29 is 18.1 Å². The Bertz CT molecular complexity index is 3260. The standard InChI is InChI=1S/C45H28N4O/c1-4-14-29(15-5-1)33-26-37-36-25-24-32(45-47-43(30-16-6-2-7-17-30)46-44(48-45)31-18-8-3-9-19-31)28-41(36)50-42(37)40(27-33)49-38-22-12-10-20-34(38)35-21-11-13-23-39(35)49/h1-28H/i2D,3D,6D,7D,8D,9D,16D,17D,18D,19D. The van der Waals surface area contributed by atoms with Gasteiger partial charge in [0.15, 0.2) is 23.1 Å². The first-order valence-electron chi connectivity index (χ1n) is 20.9. The van der Waals surface area contributed by atoms with Crippen molar-refractivity contribution in [1.82, 2.24) is 19.5 Å². The average molecular weight is 651 g/mol. The van der Waals surface area contributed by atoms with E-state index in [9.17, 15) is 0 Å². The summed E-state index contributed by atoms with van der Waals surface area (Å²) in [6.07, 6.45) is 0. The molecular formula is C45H28N4O. The maximum Gasteiger partial charge on any atom is 0.164 e. The highest BCUT2D eigenvalue weighted by molar-refractivity contribution is 6.14. The molecule has 0 saturated heterocycles. The normalized spacial score (nSPS) is 14.4. The molecule has 0 aliphatic heterocycles. The van der Waals surface area contributed by atoms with Gasteiger partial charge in [0, 0.05) is 38.2 Å². The van der Waals surface area contributed by atoms with E-state index in [4.69, 9.17) is 18.1 Å². The van der Waals surface area contributed by atoms with Crippen LogP contribution in [0.5, 0.6) is 0 Å². The van der Waals surface area contributed by atoms with E-state index in [-0.39, 0.29) is 28.6 Å². The molecule has 0 aliphatic carbocycles. The summed E-state index contributed by atoms with van der Waals surface area (Å²) < 4.78 is 93.3. The summed E-state index contributed by atoms with van der Waals surface area (Å²) in [7, 11) is 0. The number of aromatic nitrogens is 4. The smallest absolute Gasteiger partial charge is 0.164 e. The Labute approximate surface area is 301 Å². The van der Waals surface area contributed by atoms with Crippen molar-refractivity contribution in [2.45, 2.75) is 0 Å². The fraction of sp³-hybridized carbons (Fsp3) is 0. The van der Waals surface area contributed by atoms with E-state index in [0.717, 1.165) is 49.4 Å². The molecule has 5 nitrogen and oxygen atoms in total. The van der Waals surface area contributed by atoms with E-state index < -0.39 is 60.4 Å². The van der Waals surface area contributed by atoms with Crippen molar-refractivity contribution in [1.29, 1.82) is 0 Å². The predicted octanol–water partition coefficient (Wildman–Crippen LogP) is 11.5. The molecule has 3 heterocycles. The van der Waals surface area contributed by atoms with Crippen LogP contribution in [0.1, 0.15) is 13.7 Å². The minimum absolute atomic E-state index is 0.0522. The number of hydrogen-bond donors (Lipinski definition) is 0. The fourth-order valence-electron chi connectivity index (χ4n) is 6.60. The van der Waals surface area contributed by atoms with Crippen molar-refractivity contribution in [2.75, 3.05) is 0 Å². The molecule has 0 aliphatic rings. The van der Waals surface area contributed by atoms with Crippen LogP contribution in [0.4, 0.5) is 0 Å². The second-order valence-corrected chi connectivity index (χ2v) is 11.7. The molecule has 0 spiro atoms. The molecule has 0 N–H and O–H groups in total. The Morgan fingerprint density at radius 1 is 0.440 bits per heavy atom. The molecule has 0 bridgehead atoms. The number of benzene rings is 7. The Morgan fingerprint density at radius 2 is 1.00 bits per heavy atom. The van der Waals surface area contributed by atoms with E-state index in [0.29, 0.717) is 16.7 Å². The molecule has 0 fully saturated rings. The van der Waals surface area contributed by atoms with Gasteiger partial charge in [0.1, 0.15) is 5.58 Å². The van der Waals surface area contributed by atoms with E-state index in [1.54, 1.807) is 12.1 Å². The summed E-state index contributed by atoms with van der Waals surface area (Å²) >= 11 is 0. The van der Waals surface area contributed by atoms with Crippen LogP contribution in [0.2, 0.25) is 0 Å². The largest absolute Gasteiger partial charge is 0.454 e. The lowest BCUT2D eigenvalue weighted by molar-refractivity contribution is 0.666. The van der Waals surface area contributed by atoms with Crippen LogP contribution in [0.25, 0.3) is 94.7 Å². The van der Waals surface area contributed by atoms with Crippen LogP contribution in [-0.4, -0.2) is 19.5 Å². The minimum atomic E-state index is -0.616. The highest BCUT2D eigenvalue weighted by atomic mass is 16.3. The molecule has 0 amide bonds. The molecule has 7 aromatic carbocycles. The third kappa shape index (κ3) is 4.60. The SMILES string of the molecule is [2H]c1c([2H])c([2H])c(-c2nc(-c3ccc4c(c3)oc3c(-n5c6ccccc6c6ccccc65)cc(-c5ccccc5)cc34)nc(-c3c([2H])c([2H])c([2H])c([2H])c3[2H])n2)c([2H])c1[2H]. The van der Waals surface area contributed by atoms with E-state index in [2.05, 4.69) is 68.0 Å². The zero-order chi connectivity index (χ0) is 41.7. The first-order chi connectivity index (χ1) is 28.9. The van der Waals surface area contributed by atoms with Gasteiger partial charge in [0.2, 0.25) is 0 Å². The summed E-state index contributed by atoms with van der Waals surface area (Å²) in [5, 5.41) is 3.79. The number of hydrogen-bond acceptors (Lipinski definition) is 4. The Morgan fingerprint density at radius 3 is 1.62 bits per heavy atom. The van der Waals surface area contributed by atoms with Crippen LogP contribution < -0.4 is 0 Å². The Hall–Kier alpha value is -6.85. The molecule has 10 aromatic rings. The third-order valence-corrected chi connectivity index (χ3v) is 8.82. The van der Waals surface area contributed by atoms with Crippen molar-refractivity contribution in [3.05, 3.63) is 170 Å². The fourth-order valence-corrected chi connectivity index (χ4v) is 6.60. The van der Waals surface area contributed by atoms with Gasteiger partial charge in [0.25, 0.3) is 0 Å². The maximum absolute atomic E-state index is 8.68. The number of rotatable bonds is 5. The van der Waals surface area contributed by atoms with Crippen LogP contribution in [0.3, 0.4) is 0 Å². The van der Waals surface area contributed by atoms with Crippen LogP contribution in [0.15, 0.2) is 174 Å². The van der Waals surface area contributed by atoms with E-state index in [1.807, 2.05) is 48.5 Å².